The second kappa shape index (κ2) is 11.3. The van der Waals surface area contributed by atoms with Gasteiger partial charge in [0.25, 0.3) is 17.6 Å². The molecule has 0 saturated heterocycles. The minimum absolute atomic E-state index is 0.0529. The summed E-state index contributed by atoms with van der Waals surface area (Å²) in [6.45, 7) is 7.96. The van der Waals surface area contributed by atoms with Crippen LogP contribution < -0.4 is 10.6 Å². The molecule has 3 heterocycles. The molecular weight excluding hydrogens is 579 g/mol. The van der Waals surface area contributed by atoms with Gasteiger partial charge in [-0.3, -0.25) is 14.4 Å². The number of alkyl halides is 3. The van der Waals surface area contributed by atoms with Crippen molar-refractivity contribution in [1.29, 1.82) is 0 Å². The number of ketones is 1. The molecule has 0 spiro atoms. The number of Topliss-reactive ketones (excluding diaryl/α,β-unsaturated/α-hetero) is 1. The standard InChI is InChI=1S/C26H25ClF3N9O3/c1-13-9-15(14(2)40)10-17(22(41)33-25(3,4)5)20(13)32-23(42)19-11-16(12-38-36-24(34-37-38)26(28,29)30)35-39(19)21-18(27)7-6-8-31-21/h6-11H,12H2,1-5H3,(H,32,42)(H,33,41). The van der Waals surface area contributed by atoms with Gasteiger partial charge in [-0.15, -0.1) is 10.2 Å². The van der Waals surface area contributed by atoms with E-state index in [0.717, 1.165) is 4.68 Å². The van der Waals surface area contributed by atoms with Gasteiger partial charge in [0.15, 0.2) is 11.6 Å². The average Bonchev–Trinajstić information content (AvgIpc) is 3.52. The topological polar surface area (TPSA) is 150 Å². The molecule has 1 aromatic carbocycles. The molecule has 2 amide bonds. The number of amides is 2. The highest BCUT2D eigenvalue weighted by atomic mass is 35.5. The number of halogens is 4. The summed E-state index contributed by atoms with van der Waals surface area (Å²) in [5.74, 6) is -2.92. The first-order valence-corrected chi connectivity index (χ1v) is 12.8. The van der Waals surface area contributed by atoms with Crippen LogP contribution in [0.1, 0.15) is 76.0 Å². The van der Waals surface area contributed by atoms with Crippen LogP contribution in [0, 0.1) is 6.92 Å². The number of carbonyl (C=O) groups excluding carboxylic acids is 3. The fraction of sp³-hybridized carbons (Fsp3) is 0.308. The van der Waals surface area contributed by atoms with Crippen molar-refractivity contribution in [2.24, 2.45) is 0 Å². The van der Waals surface area contributed by atoms with Crippen LogP contribution in [0.3, 0.4) is 0 Å². The number of nitrogens with one attached hydrogen (secondary N) is 2. The summed E-state index contributed by atoms with van der Waals surface area (Å²) < 4.78 is 40.0. The maximum atomic E-state index is 13.7. The number of aryl methyl sites for hydroxylation is 1. The summed E-state index contributed by atoms with van der Waals surface area (Å²) in [6, 6.07) is 7.30. The van der Waals surface area contributed by atoms with Crippen LogP contribution in [0.15, 0.2) is 36.5 Å². The number of hydrogen-bond acceptors (Lipinski definition) is 8. The minimum Gasteiger partial charge on any atom is -0.347 e. The van der Waals surface area contributed by atoms with Crippen molar-refractivity contribution in [2.75, 3.05) is 5.32 Å². The molecular formula is C26H25ClF3N9O3. The molecule has 0 fully saturated rings. The third-order valence-electron chi connectivity index (χ3n) is 5.66. The van der Waals surface area contributed by atoms with Crippen molar-refractivity contribution in [3.63, 3.8) is 0 Å². The molecule has 220 valence electrons. The van der Waals surface area contributed by atoms with E-state index in [1.807, 2.05) is 0 Å². The van der Waals surface area contributed by atoms with Gasteiger partial charge in [-0.05, 0) is 75.7 Å². The largest absolute Gasteiger partial charge is 0.455 e. The van der Waals surface area contributed by atoms with Crippen LogP contribution in [-0.2, 0) is 12.7 Å². The number of benzene rings is 1. The SMILES string of the molecule is CC(=O)c1cc(C)c(NC(=O)c2cc(Cn3nnc(C(F)(F)F)n3)nn2-c2ncccc2Cl)c(C(=O)NC(C)(C)C)c1. The molecule has 42 heavy (non-hydrogen) atoms. The summed E-state index contributed by atoms with van der Waals surface area (Å²) in [5, 5.41) is 19.7. The molecule has 12 nitrogen and oxygen atoms in total. The third kappa shape index (κ3) is 6.79. The van der Waals surface area contributed by atoms with Gasteiger partial charge in [0.2, 0.25) is 0 Å². The van der Waals surface area contributed by atoms with Crippen LogP contribution in [0.5, 0.6) is 0 Å². The highest BCUT2D eigenvalue weighted by Gasteiger charge is 2.37. The molecule has 0 bridgehead atoms. The third-order valence-corrected chi connectivity index (χ3v) is 5.95. The normalized spacial score (nSPS) is 11.8. The van der Waals surface area contributed by atoms with Gasteiger partial charge in [-0.25, -0.2) is 9.67 Å². The van der Waals surface area contributed by atoms with Gasteiger partial charge >= 0.3 is 6.18 Å². The number of nitrogens with zero attached hydrogens (tertiary/aromatic N) is 7. The molecule has 0 aliphatic rings. The number of rotatable bonds is 7. The Morgan fingerprint density at radius 2 is 1.76 bits per heavy atom. The molecule has 0 unspecified atom stereocenters. The molecule has 0 radical (unpaired) electrons. The minimum atomic E-state index is -4.79. The molecule has 16 heteroatoms. The Kier molecular flexibility index (Phi) is 8.16. The second-order valence-corrected chi connectivity index (χ2v) is 10.7. The van der Waals surface area contributed by atoms with E-state index >= 15 is 0 Å². The van der Waals surface area contributed by atoms with Crippen molar-refractivity contribution in [2.45, 2.75) is 52.9 Å². The first kappa shape index (κ1) is 30.3. The maximum Gasteiger partial charge on any atom is 0.455 e. The fourth-order valence-corrected chi connectivity index (χ4v) is 4.05. The van der Waals surface area contributed by atoms with Crippen LogP contribution in [0.4, 0.5) is 18.9 Å². The second-order valence-electron chi connectivity index (χ2n) is 10.3. The first-order valence-electron chi connectivity index (χ1n) is 12.4. The fourth-order valence-electron chi connectivity index (χ4n) is 3.85. The number of hydrogen-bond donors (Lipinski definition) is 2. The van der Waals surface area contributed by atoms with Gasteiger partial charge in [0.05, 0.1) is 22.0 Å². The molecule has 0 atom stereocenters. The van der Waals surface area contributed by atoms with E-state index in [0.29, 0.717) is 10.4 Å². The van der Waals surface area contributed by atoms with Gasteiger partial charge < -0.3 is 10.6 Å². The van der Waals surface area contributed by atoms with Crippen LogP contribution in [0.25, 0.3) is 5.82 Å². The van der Waals surface area contributed by atoms with E-state index in [-0.39, 0.29) is 51.4 Å². The zero-order chi connectivity index (χ0) is 31.0. The van der Waals surface area contributed by atoms with Crippen molar-refractivity contribution < 1.29 is 27.6 Å². The monoisotopic (exact) mass is 603 g/mol. The van der Waals surface area contributed by atoms with Gasteiger partial charge in [0, 0.05) is 17.3 Å². The number of carbonyl (C=O) groups is 3. The van der Waals surface area contributed by atoms with Crippen molar-refractivity contribution in [1.82, 2.24) is 40.3 Å². The predicted molar refractivity (Wildman–Crippen MR) is 145 cm³/mol. The Bertz CT molecular complexity index is 1690. The Morgan fingerprint density at radius 3 is 2.36 bits per heavy atom. The summed E-state index contributed by atoms with van der Waals surface area (Å²) in [6.07, 6.45) is -3.38. The molecule has 3 aromatic heterocycles. The van der Waals surface area contributed by atoms with E-state index in [4.69, 9.17) is 11.6 Å². The van der Waals surface area contributed by atoms with Crippen LogP contribution in [0.2, 0.25) is 5.02 Å². The van der Waals surface area contributed by atoms with Crippen molar-refractivity contribution >= 4 is 34.9 Å². The average molecular weight is 604 g/mol. The smallest absolute Gasteiger partial charge is 0.347 e. The first-order chi connectivity index (χ1) is 19.5. The van der Waals surface area contributed by atoms with E-state index in [1.54, 1.807) is 39.8 Å². The Hall–Kier alpha value is -4.66. The lowest BCUT2D eigenvalue weighted by Crippen LogP contribution is -2.41. The van der Waals surface area contributed by atoms with E-state index < -0.39 is 29.4 Å². The van der Waals surface area contributed by atoms with E-state index in [9.17, 15) is 27.6 Å². The molecule has 4 rings (SSSR count). The van der Waals surface area contributed by atoms with Crippen molar-refractivity contribution in [3.8, 4) is 5.82 Å². The zero-order valence-corrected chi connectivity index (χ0v) is 23.8. The summed E-state index contributed by atoms with van der Waals surface area (Å²) in [5.41, 5.74) is 0.252. The van der Waals surface area contributed by atoms with Crippen LogP contribution >= 0.6 is 11.6 Å². The van der Waals surface area contributed by atoms with E-state index in [2.05, 4.69) is 36.1 Å². The predicted octanol–water partition coefficient (Wildman–Crippen LogP) is 4.27. The molecule has 0 aliphatic carbocycles. The number of aromatic nitrogens is 7. The number of pyridine rings is 1. The van der Waals surface area contributed by atoms with Crippen molar-refractivity contribution in [3.05, 3.63) is 75.5 Å². The highest BCUT2D eigenvalue weighted by Crippen LogP contribution is 2.27. The highest BCUT2D eigenvalue weighted by molar-refractivity contribution is 6.32. The van der Waals surface area contributed by atoms with Crippen LogP contribution in [-0.4, -0.2) is 58.1 Å². The zero-order valence-electron chi connectivity index (χ0n) is 23.0. The number of tetrazole rings is 1. The molecule has 2 N–H and O–H groups in total. The number of anilines is 1. The van der Waals surface area contributed by atoms with E-state index in [1.165, 1.54) is 31.3 Å². The Labute approximate surface area is 242 Å². The quantitative estimate of drug-likeness (QED) is 0.298. The lowest BCUT2D eigenvalue weighted by molar-refractivity contribution is -0.145. The Balaban J connectivity index is 1.77. The Morgan fingerprint density at radius 1 is 1.05 bits per heavy atom. The van der Waals surface area contributed by atoms with Gasteiger partial charge in [-0.2, -0.15) is 23.1 Å². The lowest BCUT2D eigenvalue weighted by atomic mass is 9.99. The summed E-state index contributed by atoms with van der Waals surface area (Å²) in [7, 11) is 0. The molecule has 0 saturated carbocycles. The summed E-state index contributed by atoms with van der Waals surface area (Å²) in [4.78, 5) is 43.9. The molecule has 4 aromatic rings. The van der Waals surface area contributed by atoms with Gasteiger partial charge in [-0.1, -0.05) is 11.6 Å². The maximum absolute atomic E-state index is 13.7. The van der Waals surface area contributed by atoms with Gasteiger partial charge in [0.1, 0.15) is 12.2 Å². The lowest BCUT2D eigenvalue weighted by Gasteiger charge is -2.22. The summed E-state index contributed by atoms with van der Waals surface area (Å²) >= 11 is 6.31. The molecule has 0 aliphatic heterocycles.